The summed E-state index contributed by atoms with van der Waals surface area (Å²) in [6, 6.07) is 0. The van der Waals surface area contributed by atoms with E-state index in [1.54, 1.807) is 0 Å². The summed E-state index contributed by atoms with van der Waals surface area (Å²) < 4.78 is 0. The van der Waals surface area contributed by atoms with Gasteiger partial charge in [0.25, 0.3) is 0 Å². The van der Waals surface area contributed by atoms with E-state index in [1.807, 2.05) is 0 Å². The fraction of sp³-hybridized carbons (Fsp3) is 0.625. The Morgan fingerprint density at radius 3 is 1.73 bits per heavy atom. The summed E-state index contributed by atoms with van der Waals surface area (Å²) in [5.74, 6) is 0. The van der Waals surface area contributed by atoms with Crippen molar-refractivity contribution >= 4 is 6.16 Å². The van der Waals surface area contributed by atoms with Crippen LogP contribution in [0.5, 0.6) is 0 Å². The summed E-state index contributed by atoms with van der Waals surface area (Å²) >= 11 is 0. The first-order chi connectivity index (χ1) is 5.23. The van der Waals surface area contributed by atoms with E-state index in [0.717, 1.165) is 0 Å². The number of carbonyl (C=O) groups is 1. The Bertz CT molecular complexity index is 117. The Morgan fingerprint density at radius 2 is 1.36 bits per heavy atom. The molecule has 0 spiro atoms. The molecule has 64 valence electrons. The van der Waals surface area contributed by atoms with Gasteiger partial charge in [-0.05, 0) is 25.7 Å². The summed E-state index contributed by atoms with van der Waals surface area (Å²) in [5, 5.41) is 13.9. The standard InChI is InChI=1S/C7H12.CH2O3/c1-2-4-6-7-5-3-1;2-1(3)4/h1-2H,3-7H2;(H2,2,3,4). The molecule has 0 amide bonds. The molecule has 0 heterocycles. The van der Waals surface area contributed by atoms with E-state index in [1.165, 1.54) is 32.1 Å². The molecule has 0 aliphatic heterocycles. The third-order valence-electron chi connectivity index (χ3n) is 1.41. The summed E-state index contributed by atoms with van der Waals surface area (Å²) in [4.78, 5) is 8.56. The second-order valence-electron chi connectivity index (χ2n) is 2.39. The van der Waals surface area contributed by atoms with Crippen LogP contribution in [-0.2, 0) is 0 Å². The molecule has 0 saturated carbocycles. The van der Waals surface area contributed by atoms with E-state index >= 15 is 0 Å². The molecule has 1 rings (SSSR count). The highest BCUT2D eigenvalue weighted by atomic mass is 16.6. The number of hydrogen-bond donors (Lipinski definition) is 2. The number of allylic oxidation sites excluding steroid dienone is 2. The molecule has 0 aromatic carbocycles. The van der Waals surface area contributed by atoms with Crippen LogP contribution in [0.15, 0.2) is 12.2 Å². The zero-order valence-electron chi connectivity index (χ0n) is 6.49. The van der Waals surface area contributed by atoms with Gasteiger partial charge in [-0.15, -0.1) is 0 Å². The molecule has 0 bridgehead atoms. The number of carboxylic acid groups (broad SMARTS) is 2. The van der Waals surface area contributed by atoms with Gasteiger partial charge in [0.1, 0.15) is 0 Å². The van der Waals surface area contributed by atoms with Crippen LogP contribution in [0.3, 0.4) is 0 Å². The Balaban J connectivity index is 0.000000218. The van der Waals surface area contributed by atoms with Crippen LogP contribution >= 0.6 is 0 Å². The normalized spacial score (nSPS) is 16.0. The van der Waals surface area contributed by atoms with Gasteiger partial charge in [0.05, 0.1) is 0 Å². The molecule has 0 radical (unpaired) electrons. The molecule has 3 heteroatoms. The van der Waals surface area contributed by atoms with Gasteiger partial charge in [-0.3, -0.25) is 0 Å². The minimum absolute atomic E-state index is 1.32. The molecule has 1 aliphatic rings. The van der Waals surface area contributed by atoms with Gasteiger partial charge < -0.3 is 10.2 Å². The van der Waals surface area contributed by atoms with E-state index in [9.17, 15) is 0 Å². The second kappa shape index (κ2) is 7.12. The fourth-order valence-corrected chi connectivity index (χ4v) is 0.937. The molecule has 2 N–H and O–H groups in total. The molecular formula is C8H14O3. The van der Waals surface area contributed by atoms with Crippen LogP contribution in [0.2, 0.25) is 0 Å². The molecule has 0 aromatic rings. The Kier molecular flexibility index (Phi) is 6.48. The van der Waals surface area contributed by atoms with Crippen LogP contribution in [0.4, 0.5) is 4.79 Å². The molecule has 0 saturated heterocycles. The van der Waals surface area contributed by atoms with Gasteiger partial charge >= 0.3 is 6.16 Å². The van der Waals surface area contributed by atoms with Gasteiger partial charge in [0.2, 0.25) is 0 Å². The Labute approximate surface area is 66.4 Å². The molecule has 1 aliphatic carbocycles. The van der Waals surface area contributed by atoms with Crippen LogP contribution < -0.4 is 0 Å². The van der Waals surface area contributed by atoms with E-state index < -0.39 is 6.16 Å². The predicted octanol–water partition coefficient (Wildman–Crippen LogP) is 2.73. The lowest BCUT2D eigenvalue weighted by atomic mass is 10.2. The largest absolute Gasteiger partial charge is 0.503 e. The second-order valence-corrected chi connectivity index (χ2v) is 2.39. The molecule has 0 aromatic heterocycles. The van der Waals surface area contributed by atoms with Gasteiger partial charge in [0, 0.05) is 0 Å². The molecule has 0 fully saturated rings. The van der Waals surface area contributed by atoms with Crippen LogP contribution in [0, 0.1) is 0 Å². The minimum atomic E-state index is -1.83. The average Bonchev–Trinajstić information content (AvgIpc) is 2.13. The fourth-order valence-electron chi connectivity index (χ4n) is 0.937. The average molecular weight is 158 g/mol. The lowest BCUT2D eigenvalue weighted by Gasteiger charge is -1.86. The lowest BCUT2D eigenvalue weighted by Crippen LogP contribution is -1.81. The van der Waals surface area contributed by atoms with Gasteiger partial charge in [-0.25, -0.2) is 4.79 Å². The summed E-state index contributed by atoms with van der Waals surface area (Å²) in [6.45, 7) is 0. The SMILES string of the molecule is C1=CCCCCC1.O=C(O)O. The first-order valence-corrected chi connectivity index (χ1v) is 3.80. The minimum Gasteiger partial charge on any atom is -0.450 e. The van der Waals surface area contributed by atoms with Gasteiger partial charge in [-0.1, -0.05) is 18.6 Å². The Morgan fingerprint density at radius 1 is 1.00 bits per heavy atom. The monoisotopic (exact) mass is 158 g/mol. The quantitative estimate of drug-likeness (QED) is 0.533. The van der Waals surface area contributed by atoms with E-state index in [2.05, 4.69) is 12.2 Å². The first-order valence-electron chi connectivity index (χ1n) is 3.80. The highest BCUT2D eigenvalue weighted by molar-refractivity contribution is 5.53. The molecule has 3 nitrogen and oxygen atoms in total. The van der Waals surface area contributed by atoms with Crippen molar-refractivity contribution < 1.29 is 15.0 Å². The van der Waals surface area contributed by atoms with E-state index in [0.29, 0.717) is 0 Å². The van der Waals surface area contributed by atoms with Crippen LogP contribution in [0.1, 0.15) is 32.1 Å². The predicted molar refractivity (Wildman–Crippen MR) is 42.9 cm³/mol. The number of rotatable bonds is 0. The van der Waals surface area contributed by atoms with Crippen molar-refractivity contribution in [2.45, 2.75) is 32.1 Å². The van der Waals surface area contributed by atoms with Crippen molar-refractivity contribution in [2.75, 3.05) is 0 Å². The highest BCUT2D eigenvalue weighted by Crippen LogP contribution is 2.08. The van der Waals surface area contributed by atoms with Crippen LogP contribution in [0.25, 0.3) is 0 Å². The van der Waals surface area contributed by atoms with E-state index in [4.69, 9.17) is 15.0 Å². The summed E-state index contributed by atoms with van der Waals surface area (Å²) in [7, 11) is 0. The molecule has 0 atom stereocenters. The van der Waals surface area contributed by atoms with Crippen molar-refractivity contribution in [2.24, 2.45) is 0 Å². The van der Waals surface area contributed by atoms with Crippen LogP contribution in [-0.4, -0.2) is 16.4 Å². The molecule has 11 heavy (non-hydrogen) atoms. The summed E-state index contributed by atoms with van der Waals surface area (Å²) in [5.41, 5.74) is 0. The van der Waals surface area contributed by atoms with Gasteiger partial charge in [-0.2, -0.15) is 0 Å². The maximum absolute atomic E-state index is 8.56. The summed E-state index contributed by atoms with van der Waals surface area (Å²) in [6.07, 6.45) is 9.67. The zero-order chi connectivity index (χ0) is 8.53. The number of hydrogen-bond acceptors (Lipinski definition) is 1. The Hall–Kier alpha value is -0.990. The van der Waals surface area contributed by atoms with Crippen molar-refractivity contribution in [3.63, 3.8) is 0 Å². The molecule has 0 unspecified atom stereocenters. The topological polar surface area (TPSA) is 57.5 Å². The zero-order valence-corrected chi connectivity index (χ0v) is 6.49. The van der Waals surface area contributed by atoms with Crippen molar-refractivity contribution in [1.29, 1.82) is 0 Å². The first kappa shape index (κ1) is 10.0. The maximum Gasteiger partial charge on any atom is 0.503 e. The third kappa shape index (κ3) is 12.3. The lowest BCUT2D eigenvalue weighted by molar-refractivity contribution is 0.137. The van der Waals surface area contributed by atoms with Crippen molar-refractivity contribution in [3.05, 3.63) is 12.2 Å². The highest BCUT2D eigenvalue weighted by Gasteiger charge is 1.88. The van der Waals surface area contributed by atoms with Gasteiger partial charge in [0.15, 0.2) is 0 Å². The third-order valence-corrected chi connectivity index (χ3v) is 1.41. The van der Waals surface area contributed by atoms with E-state index in [-0.39, 0.29) is 0 Å². The molecular weight excluding hydrogens is 144 g/mol. The van der Waals surface area contributed by atoms with Crippen molar-refractivity contribution in [1.82, 2.24) is 0 Å². The smallest absolute Gasteiger partial charge is 0.450 e. The van der Waals surface area contributed by atoms with Crippen molar-refractivity contribution in [3.8, 4) is 0 Å². The maximum atomic E-state index is 8.56.